The van der Waals surface area contributed by atoms with Crippen LogP contribution in [0.2, 0.25) is 0 Å². The topological polar surface area (TPSA) is 42.4 Å². The van der Waals surface area contributed by atoms with Crippen molar-refractivity contribution in [2.24, 2.45) is 5.92 Å². The first kappa shape index (κ1) is 15.2. The van der Waals surface area contributed by atoms with E-state index in [4.69, 9.17) is 4.74 Å². The van der Waals surface area contributed by atoms with Crippen LogP contribution in [0.3, 0.4) is 0 Å². The molecule has 24 heavy (non-hydrogen) atoms. The monoisotopic (exact) mass is 322 g/mol. The zero-order valence-corrected chi connectivity index (χ0v) is 14.2. The van der Waals surface area contributed by atoms with Crippen LogP contribution in [0.1, 0.15) is 34.6 Å². The summed E-state index contributed by atoms with van der Waals surface area (Å²) in [5.41, 5.74) is 3.01. The summed E-state index contributed by atoms with van der Waals surface area (Å²) in [6, 6.07) is 14.3. The molecule has 1 aliphatic carbocycles. The number of amides is 1. The summed E-state index contributed by atoms with van der Waals surface area (Å²) in [5.74, 6) is 1.33. The van der Waals surface area contributed by atoms with E-state index in [-0.39, 0.29) is 5.91 Å². The minimum Gasteiger partial charge on any atom is -0.495 e. The average molecular weight is 322 g/mol. The number of carbonyl (C=O) groups is 1. The van der Waals surface area contributed by atoms with E-state index in [1.54, 1.807) is 13.2 Å². The Bertz CT molecular complexity index is 774. The summed E-state index contributed by atoms with van der Waals surface area (Å²) < 4.78 is 5.22. The zero-order valence-electron chi connectivity index (χ0n) is 14.2. The molecule has 4 nitrogen and oxygen atoms in total. The van der Waals surface area contributed by atoms with Gasteiger partial charge in [0.05, 0.1) is 12.8 Å². The third-order valence-corrected chi connectivity index (χ3v) is 5.61. The molecule has 4 rings (SSSR count). The number of methoxy groups -OCH3 is 1. The number of fused-ring (bicyclic) bond motifs is 1. The highest BCUT2D eigenvalue weighted by molar-refractivity contribution is 5.92. The second-order valence-corrected chi connectivity index (χ2v) is 6.91. The van der Waals surface area contributed by atoms with Crippen molar-refractivity contribution in [2.75, 3.05) is 20.2 Å². The van der Waals surface area contributed by atoms with Gasteiger partial charge in [0.2, 0.25) is 0 Å². The molecule has 2 fully saturated rings. The molecular formula is C20H22N2O2. The molecule has 2 aliphatic rings. The molecule has 1 amide bonds. The van der Waals surface area contributed by atoms with Gasteiger partial charge < -0.3 is 9.64 Å². The lowest BCUT2D eigenvalue weighted by Gasteiger charge is -2.32. The average Bonchev–Trinajstić information content (AvgIpc) is 3.36. The van der Waals surface area contributed by atoms with Crippen molar-refractivity contribution >= 4 is 5.91 Å². The molecule has 0 spiro atoms. The molecule has 2 aromatic rings. The Labute approximate surface area is 142 Å². The number of carbonyl (C=O) groups excluding carboxylic acids is 1. The molecule has 1 aromatic carbocycles. The molecule has 2 unspecified atom stereocenters. The third-order valence-electron chi connectivity index (χ3n) is 5.61. The summed E-state index contributed by atoms with van der Waals surface area (Å²) in [6.07, 6.45) is 2.23. The van der Waals surface area contributed by atoms with Crippen LogP contribution in [-0.4, -0.2) is 36.0 Å². The van der Waals surface area contributed by atoms with E-state index in [0.717, 1.165) is 31.0 Å². The van der Waals surface area contributed by atoms with Crippen molar-refractivity contribution in [1.82, 2.24) is 9.88 Å². The quantitative estimate of drug-likeness (QED) is 0.871. The van der Waals surface area contributed by atoms with Crippen LogP contribution in [0.4, 0.5) is 0 Å². The lowest BCUT2D eigenvalue weighted by molar-refractivity contribution is 0.0701. The highest BCUT2D eigenvalue weighted by Gasteiger charge is 2.57. The first-order valence-electron chi connectivity index (χ1n) is 8.50. The van der Waals surface area contributed by atoms with Crippen molar-refractivity contribution in [3.8, 4) is 5.75 Å². The highest BCUT2D eigenvalue weighted by Crippen LogP contribution is 2.59. The summed E-state index contributed by atoms with van der Waals surface area (Å²) >= 11 is 0. The molecule has 0 N–H and O–H groups in total. The van der Waals surface area contributed by atoms with Gasteiger partial charge in [0.15, 0.2) is 0 Å². The largest absolute Gasteiger partial charge is 0.495 e. The zero-order chi connectivity index (χ0) is 16.7. The Hall–Kier alpha value is -2.36. The summed E-state index contributed by atoms with van der Waals surface area (Å²) in [6.45, 7) is 3.50. The number of hydrogen-bond acceptors (Lipinski definition) is 3. The fourth-order valence-electron chi connectivity index (χ4n) is 4.12. The van der Waals surface area contributed by atoms with Gasteiger partial charge in [-0.25, -0.2) is 4.98 Å². The predicted molar refractivity (Wildman–Crippen MR) is 92.3 cm³/mol. The maximum Gasteiger partial charge on any atom is 0.272 e. The number of aromatic nitrogens is 1. The molecular weight excluding hydrogens is 300 g/mol. The van der Waals surface area contributed by atoms with Crippen LogP contribution < -0.4 is 4.74 Å². The van der Waals surface area contributed by atoms with Crippen molar-refractivity contribution in [1.29, 1.82) is 0 Å². The SMILES string of the molecule is COc1ccc(C(=O)N2CCC3(c4ccccc4)CC3C2)nc1C. The van der Waals surface area contributed by atoms with Gasteiger partial charge >= 0.3 is 0 Å². The maximum atomic E-state index is 12.8. The number of pyridine rings is 1. The molecule has 124 valence electrons. The van der Waals surface area contributed by atoms with E-state index < -0.39 is 0 Å². The molecule has 1 aromatic heterocycles. The fraction of sp³-hybridized carbons (Fsp3) is 0.400. The molecule has 1 saturated heterocycles. The Morgan fingerprint density at radius 3 is 2.71 bits per heavy atom. The molecule has 2 heterocycles. The standard InChI is InChI=1S/C20H22N2O2/c1-14-18(24-2)9-8-17(21-14)19(23)22-11-10-20(12-16(20)13-22)15-6-4-3-5-7-15/h3-9,16H,10-13H2,1-2H3. The van der Waals surface area contributed by atoms with E-state index in [1.807, 2.05) is 17.9 Å². The number of rotatable bonds is 3. The summed E-state index contributed by atoms with van der Waals surface area (Å²) in [4.78, 5) is 19.2. The predicted octanol–water partition coefficient (Wildman–Crippen LogP) is 3.20. The Kier molecular flexibility index (Phi) is 3.56. The molecule has 1 saturated carbocycles. The number of hydrogen-bond donors (Lipinski definition) is 0. The van der Waals surface area contributed by atoms with Gasteiger partial charge in [0, 0.05) is 18.5 Å². The first-order chi connectivity index (χ1) is 11.6. The number of aryl methyl sites for hydroxylation is 1. The first-order valence-corrected chi connectivity index (χ1v) is 8.50. The molecule has 2 atom stereocenters. The normalized spacial score (nSPS) is 25.1. The fourth-order valence-corrected chi connectivity index (χ4v) is 4.12. The number of likely N-dealkylation sites (tertiary alicyclic amines) is 1. The van der Waals surface area contributed by atoms with E-state index in [0.29, 0.717) is 17.0 Å². The van der Waals surface area contributed by atoms with Crippen LogP contribution in [0, 0.1) is 12.8 Å². The third kappa shape index (κ3) is 2.37. The maximum absolute atomic E-state index is 12.8. The van der Waals surface area contributed by atoms with E-state index in [2.05, 4.69) is 35.3 Å². The Balaban J connectivity index is 1.49. The van der Waals surface area contributed by atoms with Gasteiger partial charge in [-0.15, -0.1) is 0 Å². The highest BCUT2D eigenvalue weighted by atomic mass is 16.5. The Morgan fingerprint density at radius 1 is 1.25 bits per heavy atom. The number of benzene rings is 1. The van der Waals surface area contributed by atoms with Gasteiger partial charge in [-0.05, 0) is 43.4 Å². The van der Waals surface area contributed by atoms with Crippen LogP contribution in [0.15, 0.2) is 42.5 Å². The van der Waals surface area contributed by atoms with Crippen LogP contribution in [0.5, 0.6) is 5.75 Å². The van der Waals surface area contributed by atoms with Crippen molar-refractivity contribution in [3.05, 3.63) is 59.4 Å². The van der Waals surface area contributed by atoms with Crippen LogP contribution in [0.25, 0.3) is 0 Å². The van der Waals surface area contributed by atoms with Crippen molar-refractivity contribution in [3.63, 3.8) is 0 Å². The summed E-state index contributed by atoms with van der Waals surface area (Å²) in [7, 11) is 1.62. The van der Waals surface area contributed by atoms with E-state index in [9.17, 15) is 4.79 Å². The number of ether oxygens (including phenoxy) is 1. The second-order valence-electron chi connectivity index (χ2n) is 6.91. The molecule has 1 aliphatic heterocycles. The summed E-state index contributed by atoms with van der Waals surface area (Å²) in [5, 5.41) is 0. The number of piperidine rings is 1. The van der Waals surface area contributed by atoms with E-state index >= 15 is 0 Å². The molecule has 4 heteroatoms. The van der Waals surface area contributed by atoms with Gasteiger partial charge in [-0.3, -0.25) is 4.79 Å². The Morgan fingerprint density at radius 2 is 2.04 bits per heavy atom. The van der Waals surface area contributed by atoms with Gasteiger partial charge in [0.1, 0.15) is 11.4 Å². The second kappa shape index (κ2) is 5.62. The number of nitrogens with zero attached hydrogens (tertiary/aromatic N) is 2. The molecule has 0 bridgehead atoms. The minimum atomic E-state index is 0.0364. The minimum absolute atomic E-state index is 0.0364. The van der Waals surface area contributed by atoms with Crippen molar-refractivity contribution < 1.29 is 9.53 Å². The van der Waals surface area contributed by atoms with Crippen molar-refractivity contribution in [2.45, 2.75) is 25.2 Å². The van der Waals surface area contributed by atoms with E-state index in [1.165, 1.54) is 12.0 Å². The smallest absolute Gasteiger partial charge is 0.272 e. The van der Waals surface area contributed by atoms with Crippen LogP contribution >= 0.6 is 0 Å². The lowest BCUT2D eigenvalue weighted by atomic mass is 9.87. The lowest BCUT2D eigenvalue weighted by Crippen LogP contribution is -2.40. The van der Waals surface area contributed by atoms with Gasteiger partial charge in [0.25, 0.3) is 5.91 Å². The van der Waals surface area contributed by atoms with Crippen LogP contribution in [-0.2, 0) is 5.41 Å². The molecule has 0 radical (unpaired) electrons. The van der Waals surface area contributed by atoms with Gasteiger partial charge in [-0.2, -0.15) is 0 Å². The van der Waals surface area contributed by atoms with Gasteiger partial charge in [-0.1, -0.05) is 30.3 Å².